The molecule has 0 amide bonds. The fourth-order valence-electron chi connectivity index (χ4n) is 6.60. The molecule has 0 bridgehead atoms. The Bertz CT molecular complexity index is 1090. The fourth-order valence-corrected chi connectivity index (χ4v) is 6.60. The minimum Gasteiger partial charge on any atom is -0.507 e. The predicted octanol–water partition coefficient (Wildman–Crippen LogP) is 9.46. The van der Waals surface area contributed by atoms with Gasteiger partial charge in [0.2, 0.25) is 0 Å². The maximum atomic E-state index is 11.4. The van der Waals surface area contributed by atoms with Crippen LogP contribution in [0.4, 0.5) is 0 Å². The zero-order valence-corrected chi connectivity index (χ0v) is 23.0. The van der Waals surface area contributed by atoms with E-state index in [1.54, 1.807) is 6.07 Å². The molecule has 0 heterocycles. The molecule has 4 unspecified atom stereocenters. The molecule has 2 aromatic carbocycles. The molecule has 2 N–H and O–H groups in total. The number of rotatable bonds is 6. The van der Waals surface area contributed by atoms with E-state index in [0.717, 1.165) is 47.9 Å². The number of hydrogen-bond acceptors (Lipinski definition) is 2. The number of allylic oxidation sites excluding steroid dienone is 4. The summed E-state index contributed by atoms with van der Waals surface area (Å²) in [5.74, 6) is 2.57. The summed E-state index contributed by atoms with van der Waals surface area (Å²) in [6.07, 6.45) is 13.5. The smallest absolute Gasteiger partial charge is 0.123 e. The zero-order valence-electron chi connectivity index (χ0n) is 23.0. The molecule has 2 nitrogen and oxygen atoms in total. The Hall–Kier alpha value is -2.74. The normalized spacial score (nSPS) is 24.9. The van der Waals surface area contributed by atoms with Crippen molar-refractivity contribution >= 4 is 12.2 Å². The van der Waals surface area contributed by atoms with E-state index < -0.39 is 0 Å². The second-order valence-corrected chi connectivity index (χ2v) is 11.9. The molecular formula is C34H44O2. The summed E-state index contributed by atoms with van der Waals surface area (Å²) in [4.78, 5) is 0. The highest BCUT2D eigenvalue weighted by atomic mass is 16.3. The van der Waals surface area contributed by atoms with E-state index in [1.807, 2.05) is 18.2 Å². The molecule has 0 aromatic heterocycles. The topological polar surface area (TPSA) is 40.5 Å². The van der Waals surface area contributed by atoms with Crippen molar-refractivity contribution in [3.05, 3.63) is 82.0 Å². The Labute approximate surface area is 218 Å². The quantitative estimate of drug-likeness (QED) is 0.316. The van der Waals surface area contributed by atoms with E-state index in [9.17, 15) is 10.2 Å². The van der Waals surface area contributed by atoms with Crippen molar-refractivity contribution in [1.82, 2.24) is 0 Å². The van der Waals surface area contributed by atoms with Gasteiger partial charge in [-0.15, -0.1) is 0 Å². The van der Waals surface area contributed by atoms with Crippen LogP contribution in [0.3, 0.4) is 0 Å². The maximum Gasteiger partial charge on any atom is 0.123 e. The average Bonchev–Trinajstić information content (AvgIpc) is 2.82. The second kappa shape index (κ2) is 11.1. The average molecular weight is 485 g/mol. The molecule has 2 aliphatic rings. The minimum atomic E-state index is 0.125. The third-order valence-electron chi connectivity index (χ3n) is 8.62. The van der Waals surface area contributed by atoms with Crippen LogP contribution in [0.5, 0.6) is 11.5 Å². The monoisotopic (exact) mass is 484 g/mol. The van der Waals surface area contributed by atoms with Crippen molar-refractivity contribution < 1.29 is 10.2 Å². The van der Waals surface area contributed by atoms with Crippen LogP contribution in [0.2, 0.25) is 0 Å². The van der Waals surface area contributed by atoms with E-state index in [0.29, 0.717) is 23.7 Å². The maximum absolute atomic E-state index is 11.4. The lowest BCUT2D eigenvalue weighted by atomic mass is 9.67. The minimum absolute atomic E-state index is 0.125. The Kier molecular flexibility index (Phi) is 8.13. The molecule has 2 aromatic rings. The van der Waals surface area contributed by atoms with Gasteiger partial charge in [-0.2, -0.15) is 0 Å². The molecule has 0 aliphatic heterocycles. The molecule has 4 rings (SSSR count). The largest absolute Gasteiger partial charge is 0.507 e. The van der Waals surface area contributed by atoms with Gasteiger partial charge in [-0.25, -0.2) is 0 Å². The Morgan fingerprint density at radius 3 is 1.64 bits per heavy atom. The van der Waals surface area contributed by atoms with Crippen LogP contribution in [0.1, 0.15) is 101 Å². The van der Waals surface area contributed by atoms with Gasteiger partial charge in [0.1, 0.15) is 11.5 Å². The summed E-state index contributed by atoms with van der Waals surface area (Å²) in [7, 11) is 0. The molecule has 2 heteroatoms. The highest BCUT2D eigenvalue weighted by Crippen LogP contribution is 2.51. The molecule has 0 spiro atoms. The van der Waals surface area contributed by atoms with Crippen molar-refractivity contribution in [2.24, 2.45) is 23.7 Å². The molecule has 0 radical (unpaired) electrons. The molecule has 36 heavy (non-hydrogen) atoms. The lowest BCUT2D eigenvalue weighted by Crippen LogP contribution is -2.24. The first-order valence-corrected chi connectivity index (χ1v) is 13.8. The molecular weight excluding hydrogens is 440 g/mol. The second-order valence-electron chi connectivity index (χ2n) is 11.9. The lowest BCUT2D eigenvalue weighted by molar-refractivity contribution is 0.303. The van der Waals surface area contributed by atoms with E-state index >= 15 is 0 Å². The third kappa shape index (κ3) is 5.48. The molecule has 0 saturated carbocycles. The number of hydrogen-bond donors (Lipinski definition) is 2. The zero-order chi connectivity index (χ0) is 26.0. The molecule has 0 fully saturated rings. The van der Waals surface area contributed by atoms with Crippen molar-refractivity contribution in [3.8, 4) is 11.5 Å². The van der Waals surface area contributed by atoms with Gasteiger partial charge in [0.25, 0.3) is 0 Å². The van der Waals surface area contributed by atoms with Crippen LogP contribution in [0.15, 0.2) is 59.7 Å². The van der Waals surface area contributed by atoms with Crippen molar-refractivity contribution in [3.63, 3.8) is 0 Å². The van der Waals surface area contributed by atoms with Gasteiger partial charge in [0.05, 0.1) is 0 Å². The van der Waals surface area contributed by atoms with Crippen LogP contribution in [-0.2, 0) is 0 Å². The van der Waals surface area contributed by atoms with Crippen LogP contribution >= 0.6 is 0 Å². The lowest BCUT2D eigenvalue weighted by Gasteiger charge is -2.37. The highest BCUT2D eigenvalue weighted by molar-refractivity contribution is 5.77. The van der Waals surface area contributed by atoms with E-state index in [4.69, 9.17) is 0 Å². The van der Waals surface area contributed by atoms with Gasteiger partial charge < -0.3 is 10.2 Å². The van der Waals surface area contributed by atoms with Gasteiger partial charge in [0.15, 0.2) is 0 Å². The first-order chi connectivity index (χ1) is 17.2. The molecule has 0 saturated heterocycles. The molecule has 4 atom stereocenters. The van der Waals surface area contributed by atoms with Crippen LogP contribution in [0.25, 0.3) is 12.2 Å². The number of phenolic OH excluding ortho intramolecular Hbond substituents is 2. The van der Waals surface area contributed by atoms with Gasteiger partial charge in [-0.05, 0) is 74.3 Å². The SMILES string of the molecule is CC1=CC(c2c(O)cc(O)c(C3C=C(C)CCC3C(C)C)c2/C=C/c2ccccc2)C(C(C)C)CC1. The van der Waals surface area contributed by atoms with Crippen molar-refractivity contribution in [1.29, 1.82) is 0 Å². The van der Waals surface area contributed by atoms with Crippen LogP contribution in [0, 0.1) is 23.7 Å². The van der Waals surface area contributed by atoms with Gasteiger partial charge in [-0.3, -0.25) is 0 Å². The van der Waals surface area contributed by atoms with Crippen molar-refractivity contribution in [2.75, 3.05) is 0 Å². The van der Waals surface area contributed by atoms with Crippen LogP contribution in [-0.4, -0.2) is 10.2 Å². The number of phenols is 2. The fraction of sp³-hybridized carbons (Fsp3) is 0.471. The molecule has 2 aliphatic carbocycles. The summed E-state index contributed by atoms with van der Waals surface area (Å²) in [5, 5.41) is 22.8. The van der Waals surface area contributed by atoms with E-state index in [2.05, 4.69) is 78.0 Å². The summed E-state index contributed by atoms with van der Waals surface area (Å²) < 4.78 is 0. The standard InChI is InChI=1S/C34H44O2/c1-21(2)26-15-12-23(5)18-29(26)33-28(17-14-25-10-8-7-9-11-25)34(32(36)20-31(33)35)30-19-24(6)13-16-27(30)22(3)4/h7-11,14,17-22,26-27,29-30,35-36H,12-13,15-16H2,1-6H3/b17-14+. The first-order valence-electron chi connectivity index (χ1n) is 13.8. The summed E-state index contributed by atoms with van der Waals surface area (Å²) in [5.41, 5.74) is 6.84. The van der Waals surface area contributed by atoms with Gasteiger partial charge >= 0.3 is 0 Å². The Morgan fingerprint density at radius 1 is 0.722 bits per heavy atom. The summed E-state index contributed by atoms with van der Waals surface area (Å²) in [6.45, 7) is 13.6. The predicted molar refractivity (Wildman–Crippen MR) is 153 cm³/mol. The third-order valence-corrected chi connectivity index (χ3v) is 8.62. The number of benzene rings is 2. The van der Waals surface area contributed by atoms with Crippen LogP contribution < -0.4 is 0 Å². The van der Waals surface area contributed by atoms with E-state index in [1.165, 1.54) is 11.1 Å². The first kappa shape index (κ1) is 26.3. The summed E-state index contributed by atoms with van der Waals surface area (Å²) >= 11 is 0. The van der Waals surface area contributed by atoms with Gasteiger partial charge in [0, 0.05) is 29.0 Å². The highest BCUT2D eigenvalue weighted by Gasteiger charge is 2.36. The van der Waals surface area contributed by atoms with E-state index in [-0.39, 0.29) is 23.3 Å². The Balaban J connectivity index is 2.00. The Morgan fingerprint density at radius 2 is 1.19 bits per heavy atom. The van der Waals surface area contributed by atoms with Crippen molar-refractivity contribution in [2.45, 2.75) is 79.1 Å². The molecule has 192 valence electrons. The number of aromatic hydroxyl groups is 2. The van der Waals surface area contributed by atoms with Gasteiger partial charge in [-0.1, -0.05) is 93.5 Å². The summed E-state index contributed by atoms with van der Waals surface area (Å²) in [6, 6.07) is 11.9.